The lowest BCUT2D eigenvalue weighted by atomic mass is 9.86. The number of methoxy groups -OCH3 is 1. The minimum absolute atomic E-state index is 0.107. The number of carbonyl (C=O) groups is 1. The molecule has 0 bridgehead atoms. The van der Waals surface area contributed by atoms with Crippen LogP contribution in [0.5, 0.6) is 0 Å². The quantitative estimate of drug-likeness (QED) is 0.720. The molecular formula is C14H19NO4. The predicted molar refractivity (Wildman–Crippen MR) is 69.9 cm³/mol. The van der Waals surface area contributed by atoms with Gasteiger partial charge in [-0.3, -0.25) is 0 Å². The fourth-order valence-corrected chi connectivity index (χ4v) is 2.36. The molecule has 2 rings (SSSR count). The van der Waals surface area contributed by atoms with E-state index in [2.05, 4.69) is 6.58 Å². The van der Waals surface area contributed by atoms with Crippen molar-refractivity contribution < 1.29 is 19.0 Å². The zero-order valence-corrected chi connectivity index (χ0v) is 11.3. The molecule has 0 unspecified atom stereocenters. The molecule has 0 aromatic heterocycles. The fraction of sp³-hybridized carbons (Fsp3) is 0.500. The van der Waals surface area contributed by atoms with E-state index in [0.29, 0.717) is 25.2 Å². The van der Waals surface area contributed by atoms with Gasteiger partial charge in [-0.25, -0.2) is 4.79 Å². The zero-order valence-electron chi connectivity index (χ0n) is 11.3. The number of allylic oxidation sites excluding steroid dienone is 2. The second kappa shape index (κ2) is 6.04. The lowest BCUT2D eigenvalue weighted by Gasteiger charge is -2.28. The maximum absolute atomic E-state index is 11.9. The third kappa shape index (κ3) is 3.05. The molecule has 0 saturated carbocycles. The molecule has 19 heavy (non-hydrogen) atoms. The summed E-state index contributed by atoms with van der Waals surface area (Å²) in [5.41, 5.74) is 1.56. The summed E-state index contributed by atoms with van der Waals surface area (Å²) in [5, 5.41) is 0. The Morgan fingerprint density at radius 1 is 1.53 bits per heavy atom. The SMILES string of the molecule is C=CC1=CN(C)C=C(C(=O)OC)[C@H]1CC1OCCO1. The van der Waals surface area contributed by atoms with Crippen LogP contribution in [-0.2, 0) is 19.0 Å². The first-order chi connectivity index (χ1) is 9.15. The van der Waals surface area contributed by atoms with E-state index >= 15 is 0 Å². The normalized spacial score (nSPS) is 23.9. The van der Waals surface area contributed by atoms with Crippen molar-refractivity contribution in [1.29, 1.82) is 0 Å². The van der Waals surface area contributed by atoms with Crippen LogP contribution in [0.1, 0.15) is 6.42 Å². The summed E-state index contributed by atoms with van der Waals surface area (Å²) in [7, 11) is 3.25. The molecule has 2 heterocycles. The molecule has 5 heteroatoms. The Labute approximate surface area is 113 Å². The molecule has 0 amide bonds. The maximum Gasteiger partial charge on any atom is 0.335 e. The smallest absolute Gasteiger partial charge is 0.335 e. The van der Waals surface area contributed by atoms with Gasteiger partial charge in [0.2, 0.25) is 0 Å². The van der Waals surface area contributed by atoms with Crippen molar-refractivity contribution in [2.24, 2.45) is 5.92 Å². The average molecular weight is 265 g/mol. The van der Waals surface area contributed by atoms with Crippen LogP contribution in [0.15, 0.2) is 36.2 Å². The second-order valence-electron chi connectivity index (χ2n) is 4.53. The Bertz CT molecular complexity index is 421. The van der Waals surface area contributed by atoms with Gasteiger partial charge in [-0.1, -0.05) is 12.7 Å². The molecule has 0 radical (unpaired) electrons. The minimum Gasteiger partial charge on any atom is -0.466 e. The molecule has 2 aliphatic heterocycles. The number of rotatable bonds is 4. The predicted octanol–water partition coefficient (Wildman–Crippen LogP) is 1.44. The molecule has 0 aromatic rings. The summed E-state index contributed by atoms with van der Waals surface area (Å²) in [5.74, 6) is -0.438. The number of carbonyl (C=O) groups excluding carboxylic acids is 1. The van der Waals surface area contributed by atoms with Gasteiger partial charge in [0.1, 0.15) is 0 Å². The molecular weight excluding hydrogens is 246 g/mol. The van der Waals surface area contributed by atoms with Crippen LogP contribution in [0.25, 0.3) is 0 Å². The summed E-state index contributed by atoms with van der Waals surface area (Å²) in [6.07, 6.45) is 5.79. The van der Waals surface area contributed by atoms with Gasteiger partial charge in [0, 0.05) is 31.8 Å². The van der Waals surface area contributed by atoms with E-state index < -0.39 is 0 Å². The Morgan fingerprint density at radius 3 is 2.79 bits per heavy atom. The van der Waals surface area contributed by atoms with Gasteiger partial charge in [-0.15, -0.1) is 0 Å². The molecule has 0 N–H and O–H groups in total. The lowest BCUT2D eigenvalue weighted by molar-refractivity contribution is -0.137. The van der Waals surface area contributed by atoms with Crippen molar-refractivity contribution in [3.05, 3.63) is 36.2 Å². The standard InChI is InChI=1S/C14H19NO4/c1-4-10-8-15(2)9-12(14(16)17-3)11(10)7-13-18-5-6-19-13/h4,8-9,11,13H,1,5-7H2,2-3H3/t11-/m0/s1. The Kier molecular flexibility index (Phi) is 4.39. The number of hydrogen-bond donors (Lipinski definition) is 0. The van der Waals surface area contributed by atoms with Crippen molar-refractivity contribution in [1.82, 2.24) is 4.90 Å². The van der Waals surface area contributed by atoms with Gasteiger partial charge < -0.3 is 19.1 Å². The largest absolute Gasteiger partial charge is 0.466 e. The molecule has 0 aliphatic carbocycles. The molecule has 0 aromatic carbocycles. The van der Waals surface area contributed by atoms with Gasteiger partial charge in [-0.05, 0) is 5.57 Å². The highest BCUT2D eigenvalue weighted by molar-refractivity contribution is 5.90. The molecule has 2 aliphatic rings. The zero-order chi connectivity index (χ0) is 13.8. The van der Waals surface area contributed by atoms with Gasteiger partial charge in [0.05, 0.1) is 25.9 Å². The number of nitrogens with zero attached hydrogens (tertiary/aromatic N) is 1. The molecule has 5 nitrogen and oxygen atoms in total. The number of hydrogen-bond acceptors (Lipinski definition) is 5. The molecule has 0 spiro atoms. The highest BCUT2D eigenvalue weighted by Gasteiger charge is 2.31. The Balaban J connectivity index is 2.21. The topological polar surface area (TPSA) is 48.0 Å². The van der Waals surface area contributed by atoms with E-state index in [9.17, 15) is 4.79 Å². The summed E-state index contributed by atoms with van der Waals surface area (Å²) >= 11 is 0. The van der Waals surface area contributed by atoms with E-state index in [4.69, 9.17) is 14.2 Å². The van der Waals surface area contributed by atoms with Crippen LogP contribution in [-0.4, -0.2) is 44.5 Å². The number of ether oxygens (including phenoxy) is 3. The molecule has 1 atom stereocenters. The Morgan fingerprint density at radius 2 is 2.21 bits per heavy atom. The number of esters is 1. The van der Waals surface area contributed by atoms with Crippen LogP contribution in [0, 0.1) is 5.92 Å². The van der Waals surface area contributed by atoms with Crippen LogP contribution in [0.4, 0.5) is 0 Å². The van der Waals surface area contributed by atoms with Gasteiger partial charge >= 0.3 is 5.97 Å². The molecule has 1 fully saturated rings. The lowest BCUT2D eigenvalue weighted by Crippen LogP contribution is -2.27. The maximum atomic E-state index is 11.9. The monoisotopic (exact) mass is 265 g/mol. The second-order valence-corrected chi connectivity index (χ2v) is 4.53. The highest BCUT2D eigenvalue weighted by Crippen LogP contribution is 2.32. The van der Waals surface area contributed by atoms with E-state index in [1.54, 1.807) is 12.3 Å². The third-order valence-electron chi connectivity index (χ3n) is 3.25. The van der Waals surface area contributed by atoms with Crippen LogP contribution >= 0.6 is 0 Å². The van der Waals surface area contributed by atoms with E-state index in [1.807, 2.05) is 18.1 Å². The van der Waals surface area contributed by atoms with Crippen molar-refractivity contribution >= 4 is 5.97 Å². The fourth-order valence-electron chi connectivity index (χ4n) is 2.36. The van der Waals surface area contributed by atoms with Gasteiger partial charge in [0.25, 0.3) is 0 Å². The average Bonchev–Trinajstić information content (AvgIpc) is 2.92. The van der Waals surface area contributed by atoms with E-state index in [-0.39, 0.29) is 18.2 Å². The van der Waals surface area contributed by atoms with Crippen molar-refractivity contribution in [2.45, 2.75) is 12.7 Å². The summed E-state index contributed by atoms with van der Waals surface area (Å²) in [6, 6.07) is 0. The first kappa shape index (κ1) is 13.8. The first-order valence-electron chi connectivity index (χ1n) is 6.25. The van der Waals surface area contributed by atoms with Crippen LogP contribution in [0.2, 0.25) is 0 Å². The third-order valence-corrected chi connectivity index (χ3v) is 3.25. The van der Waals surface area contributed by atoms with Crippen LogP contribution in [0.3, 0.4) is 0 Å². The van der Waals surface area contributed by atoms with Crippen molar-refractivity contribution in [3.63, 3.8) is 0 Å². The van der Waals surface area contributed by atoms with Crippen molar-refractivity contribution in [3.8, 4) is 0 Å². The molecule has 1 saturated heterocycles. The van der Waals surface area contributed by atoms with E-state index in [0.717, 1.165) is 5.57 Å². The summed E-state index contributed by atoms with van der Waals surface area (Å²) in [6.45, 7) is 5.01. The van der Waals surface area contributed by atoms with Gasteiger partial charge in [-0.2, -0.15) is 0 Å². The summed E-state index contributed by atoms with van der Waals surface area (Å²) < 4.78 is 15.8. The van der Waals surface area contributed by atoms with Crippen molar-refractivity contribution in [2.75, 3.05) is 27.4 Å². The summed E-state index contributed by atoms with van der Waals surface area (Å²) in [4.78, 5) is 13.7. The Hall–Kier alpha value is -1.59. The molecule has 104 valence electrons. The van der Waals surface area contributed by atoms with E-state index in [1.165, 1.54) is 7.11 Å². The highest BCUT2D eigenvalue weighted by atomic mass is 16.7. The first-order valence-corrected chi connectivity index (χ1v) is 6.25. The van der Waals surface area contributed by atoms with Gasteiger partial charge in [0.15, 0.2) is 6.29 Å². The van der Waals surface area contributed by atoms with Crippen LogP contribution < -0.4 is 0 Å². The minimum atomic E-state index is -0.331.